The summed E-state index contributed by atoms with van der Waals surface area (Å²) in [5, 5.41) is 25.9. The van der Waals surface area contributed by atoms with Crippen LogP contribution in [0.3, 0.4) is 0 Å². The van der Waals surface area contributed by atoms with Crippen molar-refractivity contribution in [2.24, 2.45) is 0 Å². The lowest BCUT2D eigenvalue weighted by atomic mass is 10.1. The molecule has 0 saturated heterocycles. The Hall–Kier alpha value is -2.75. The topological polar surface area (TPSA) is 140 Å². The van der Waals surface area contributed by atoms with Crippen LogP contribution in [-0.4, -0.2) is 63.3 Å². The van der Waals surface area contributed by atoms with Gasteiger partial charge in [-0.3, -0.25) is 0 Å². The number of hydrogen-bond donors (Lipinski definition) is 3. The van der Waals surface area contributed by atoms with Crippen LogP contribution >= 0.6 is 0 Å². The van der Waals surface area contributed by atoms with Gasteiger partial charge in [-0.15, -0.1) is 0 Å². The van der Waals surface area contributed by atoms with Crippen LogP contribution in [-0.2, 0) is 28.6 Å². The maximum atomic E-state index is 10.5. The molecule has 0 spiro atoms. The van der Waals surface area contributed by atoms with E-state index in [0.29, 0.717) is 37.1 Å². The smallest absolute Gasteiger partial charge is 0.331 e. The summed E-state index contributed by atoms with van der Waals surface area (Å²) in [6, 6.07) is 0. The molecule has 443 valence electrons. The van der Waals surface area contributed by atoms with E-state index in [-0.39, 0.29) is 0 Å². The Morgan fingerprint density at radius 3 is 0.527 bits per heavy atom. The molecule has 0 saturated carbocycles. The molecule has 0 heterocycles. The van der Waals surface area contributed by atoms with Crippen molar-refractivity contribution in [1.82, 2.24) is 0 Å². The number of carbonyl (C=O) groups is 3. The molecule has 10 heteroatoms. The number of rotatable bonds is 45. The second-order valence-corrected chi connectivity index (χ2v) is 18.9. The number of ether oxygens (including phenoxy) is 3. The van der Waals surface area contributed by atoms with Gasteiger partial charge in [-0.2, -0.15) is 0 Å². The van der Waals surface area contributed by atoms with Gasteiger partial charge in [-0.1, -0.05) is 281 Å². The van der Waals surface area contributed by atoms with E-state index >= 15 is 0 Å². The standard InChI is InChI=1S/3C13H24O3.3C8H18.CH3Si/c3*1-3-5-6-7-8-9-10-12(16-4-2)11-13(14)15;3*1-3-5-7-8-6-4-2;1-2/h3*11H,3-10H2,1-2H3,(H,14,15);3*3-8H2,1-2H3;1H3. The molecule has 0 atom stereocenters. The number of aliphatic carboxylic acids is 3. The zero-order valence-electron chi connectivity index (χ0n) is 51.7. The summed E-state index contributed by atoms with van der Waals surface area (Å²) in [6.45, 7) is 29.2. The van der Waals surface area contributed by atoms with Crippen molar-refractivity contribution in [3.8, 4) is 0 Å². The largest absolute Gasteiger partial charge is 0.498 e. The van der Waals surface area contributed by atoms with Gasteiger partial charge in [-0.05, 0) is 40.0 Å². The molecule has 0 aliphatic carbocycles. The molecule has 9 nitrogen and oxygen atoms in total. The molecule has 3 radical (unpaired) electrons. The van der Waals surface area contributed by atoms with Crippen LogP contribution in [0.1, 0.15) is 333 Å². The lowest BCUT2D eigenvalue weighted by Gasteiger charge is -2.07. The highest BCUT2D eigenvalue weighted by atomic mass is 28.1. The van der Waals surface area contributed by atoms with E-state index in [4.69, 9.17) is 29.5 Å². The third-order valence-corrected chi connectivity index (χ3v) is 11.5. The lowest BCUT2D eigenvalue weighted by molar-refractivity contribution is -0.132. The van der Waals surface area contributed by atoms with E-state index in [1.165, 1.54) is 211 Å². The van der Waals surface area contributed by atoms with E-state index in [1.807, 2.05) is 20.8 Å². The highest BCUT2D eigenvalue weighted by Crippen LogP contribution is 2.15. The van der Waals surface area contributed by atoms with Gasteiger partial charge in [0.2, 0.25) is 0 Å². The average Bonchev–Trinajstić information content (AvgIpc) is 3.37. The van der Waals surface area contributed by atoms with Crippen molar-refractivity contribution in [2.45, 2.75) is 340 Å². The first-order valence-electron chi connectivity index (χ1n) is 31.0. The maximum Gasteiger partial charge on any atom is 0.331 e. The van der Waals surface area contributed by atoms with Crippen LogP contribution in [0.5, 0.6) is 0 Å². The monoisotopic (exact) mass is 1070 g/mol. The fourth-order valence-corrected chi connectivity index (χ4v) is 7.33. The van der Waals surface area contributed by atoms with Gasteiger partial charge < -0.3 is 29.5 Å². The van der Waals surface area contributed by atoms with E-state index in [9.17, 15) is 14.4 Å². The van der Waals surface area contributed by atoms with Gasteiger partial charge in [0.1, 0.15) is 17.3 Å². The Bertz CT molecular complexity index is 982. The minimum absolute atomic E-state index is 0.537. The fraction of sp³-hybridized carbons (Fsp3) is 0.859. The first kappa shape index (κ1) is 85.2. The summed E-state index contributed by atoms with van der Waals surface area (Å²) < 4.78 is 15.8. The van der Waals surface area contributed by atoms with Crippen LogP contribution in [0.4, 0.5) is 0 Å². The molecule has 0 unspecified atom stereocenters. The maximum absolute atomic E-state index is 10.5. The van der Waals surface area contributed by atoms with E-state index < -0.39 is 17.9 Å². The number of hydrogen-bond acceptors (Lipinski definition) is 6. The minimum atomic E-state index is -0.922. The Morgan fingerprint density at radius 1 is 0.270 bits per heavy atom. The Balaban J connectivity index is -0.000000148. The summed E-state index contributed by atoms with van der Waals surface area (Å²) in [6.07, 6.45) is 52.9. The molecule has 0 aromatic rings. The van der Waals surface area contributed by atoms with Crippen LogP contribution in [0.2, 0.25) is 6.55 Å². The molecule has 0 aromatic carbocycles. The first-order chi connectivity index (χ1) is 35.8. The van der Waals surface area contributed by atoms with Crippen LogP contribution in [0.15, 0.2) is 35.5 Å². The van der Waals surface area contributed by atoms with Gasteiger partial charge in [0.05, 0.1) is 38.0 Å². The van der Waals surface area contributed by atoms with Gasteiger partial charge in [0.25, 0.3) is 0 Å². The molecule has 0 rings (SSSR count). The molecule has 0 aromatic heterocycles. The van der Waals surface area contributed by atoms with E-state index in [2.05, 4.69) is 72.6 Å². The van der Waals surface area contributed by atoms with Crippen molar-refractivity contribution < 1.29 is 43.9 Å². The van der Waals surface area contributed by atoms with Gasteiger partial charge >= 0.3 is 17.9 Å². The second-order valence-electron chi connectivity index (χ2n) is 18.9. The predicted octanol–water partition coefficient (Wildman–Crippen LogP) is 21.5. The lowest BCUT2D eigenvalue weighted by Crippen LogP contribution is -1.97. The van der Waals surface area contributed by atoms with E-state index in [1.54, 1.807) is 6.55 Å². The Morgan fingerprint density at radius 2 is 0.405 bits per heavy atom. The molecule has 0 aliphatic heterocycles. The van der Waals surface area contributed by atoms with Gasteiger partial charge in [-0.25, -0.2) is 14.4 Å². The number of carboxylic acid groups (broad SMARTS) is 3. The van der Waals surface area contributed by atoms with Crippen LogP contribution < -0.4 is 0 Å². The van der Waals surface area contributed by atoms with Crippen LogP contribution in [0, 0.1) is 0 Å². The third kappa shape index (κ3) is 98.4. The summed E-state index contributed by atoms with van der Waals surface area (Å²) >= 11 is 0. The normalized spacial score (nSPS) is 10.7. The zero-order chi connectivity index (χ0) is 57.4. The molecular weight excluding hydrogens is 941 g/mol. The van der Waals surface area contributed by atoms with Crippen molar-refractivity contribution in [3.05, 3.63) is 35.5 Å². The fourth-order valence-electron chi connectivity index (χ4n) is 7.33. The number of allylic oxidation sites excluding steroid dienone is 3. The first-order valence-corrected chi connectivity index (χ1v) is 32.0. The summed E-state index contributed by atoms with van der Waals surface area (Å²) in [5.41, 5.74) is 0. The summed E-state index contributed by atoms with van der Waals surface area (Å²) in [5.74, 6) is -0.959. The van der Waals surface area contributed by atoms with Gasteiger partial charge in [0, 0.05) is 29.5 Å². The molecule has 0 fully saturated rings. The van der Waals surface area contributed by atoms with Gasteiger partial charge in [0.15, 0.2) is 0 Å². The quantitative estimate of drug-likeness (QED) is 0.0235. The number of unbranched alkanes of at least 4 members (excludes halogenated alkanes) is 30. The van der Waals surface area contributed by atoms with Crippen molar-refractivity contribution in [3.63, 3.8) is 0 Å². The molecule has 0 amide bonds. The van der Waals surface area contributed by atoms with Crippen molar-refractivity contribution in [1.29, 1.82) is 0 Å². The second kappa shape index (κ2) is 84.2. The summed E-state index contributed by atoms with van der Waals surface area (Å²) in [4.78, 5) is 31.5. The minimum Gasteiger partial charge on any atom is -0.498 e. The highest BCUT2D eigenvalue weighted by Gasteiger charge is 2.04. The van der Waals surface area contributed by atoms with E-state index in [0.717, 1.165) is 57.8 Å². The molecule has 0 aliphatic rings. The average molecular weight is 1070 g/mol. The zero-order valence-corrected chi connectivity index (χ0v) is 52.7. The Labute approximate surface area is 465 Å². The summed E-state index contributed by atoms with van der Waals surface area (Å²) in [7, 11) is 2.97. The molecule has 3 N–H and O–H groups in total. The SMILES string of the molecule is CCCCCCCC.CCCCCCCC.CCCCCCCC.CCCCCCCCC(=CC(=O)O)OCC.CCCCCCCCC(=CC(=O)O)OCC.CCCCCCCCC(=CC(=O)O)OCC.C[Si]. The van der Waals surface area contributed by atoms with Crippen LogP contribution in [0.25, 0.3) is 0 Å². The molecular formula is C64H129O9Si. The van der Waals surface area contributed by atoms with Crippen molar-refractivity contribution in [2.75, 3.05) is 19.8 Å². The highest BCUT2D eigenvalue weighted by molar-refractivity contribution is 6.05. The Kier molecular flexibility index (Phi) is 96.9. The van der Waals surface area contributed by atoms with Crippen molar-refractivity contribution >= 4 is 28.2 Å². The molecule has 74 heavy (non-hydrogen) atoms. The third-order valence-electron chi connectivity index (χ3n) is 11.5. The molecule has 0 bridgehead atoms. The number of carboxylic acids is 3. The predicted molar refractivity (Wildman–Crippen MR) is 325 cm³/mol.